The maximum absolute atomic E-state index is 8.95. The molecular formula is C19H28N2. The summed E-state index contributed by atoms with van der Waals surface area (Å²) in [5, 5.41) is 12.6. The third kappa shape index (κ3) is 4.86. The van der Waals surface area contributed by atoms with E-state index in [2.05, 4.69) is 38.2 Å². The summed E-state index contributed by atoms with van der Waals surface area (Å²) in [5.41, 5.74) is 2.41. The van der Waals surface area contributed by atoms with Gasteiger partial charge in [0.1, 0.15) is 0 Å². The lowest BCUT2D eigenvalue weighted by atomic mass is 9.76. The van der Waals surface area contributed by atoms with Crippen LogP contribution in [0.1, 0.15) is 64.0 Å². The van der Waals surface area contributed by atoms with Crippen molar-refractivity contribution >= 4 is 0 Å². The van der Waals surface area contributed by atoms with Crippen molar-refractivity contribution in [2.24, 2.45) is 11.3 Å². The van der Waals surface area contributed by atoms with Crippen molar-refractivity contribution in [3.8, 4) is 6.07 Å². The second kappa shape index (κ2) is 7.09. The standard InChI is InChI=1S/C19H28N2/c1-19(2,3)17-8-5-9-18(11-10-17)21-14-16-7-4-6-15(12-16)13-20/h4,6-7,12,17-18,21H,5,8-11,14H2,1-3H3. The Kier molecular flexibility index (Phi) is 5.42. The maximum atomic E-state index is 8.95. The summed E-state index contributed by atoms with van der Waals surface area (Å²) in [4.78, 5) is 0. The van der Waals surface area contributed by atoms with Crippen LogP contribution in [0, 0.1) is 22.7 Å². The highest BCUT2D eigenvalue weighted by Gasteiger charge is 2.27. The van der Waals surface area contributed by atoms with E-state index in [1.54, 1.807) is 0 Å². The molecule has 2 nitrogen and oxygen atoms in total. The molecule has 0 saturated heterocycles. The van der Waals surface area contributed by atoms with Gasteiger partial charge in [0.2, 0.25) is 0 Å². The van der Waals surface area contributed by atoms with E-state index in [1.807, 2.05) is 18.2 Å². The van der Waals surface area contributed by atoms with Gasteiger partial charge in [-0.25, -0.2) is 0 Å². The van der Waals surface area contributed by atoms with Gasteiger partial charge < -0.3 is 5.32 Å². The zero-order chi connectivity index (χ0) is 15.3. The topological polar surface area (TPSA) is 35.8 Å². The van der Waals surface area contributed by atoms with Gasteiger partial charge in [0.15, 0.2) is 0 Å². The number of nitrogens with one attached hydrogen (secondary N) is 1. The van der Waals surface area contributed by atoms with Crippen molar-refractivity contribution in [3.63, 3.8) is 0 Å². The Morgan fingerprint density at radius 1 is 1.19 bits per heavy atom. The fraction of sp³-hybridized carbons (Fsp3) is 0.632. The van der Waals surface area contributed by atoms with E-state index in [4.69, 9.17) is 5.26 Å². The number of benzene rings is 1. The lowest BCUT2D eigenvalue weighted by Crippen LogP contribution is -2.28. The molecular weight excluding hydrogens is 256 g/mol. The molecule has 0 amide bonds. The van der Waals surface area contributed by atoms with Crippen LogP contribution in [0.2, 0.25) is 0 Å². The fourth-order valence-electron chi connectivity index (χ4n) is 3.38. The number of rotatable bonds is 3. The van der Waals surface area contributed by atoms with Gasteiger partial charge in [0.25, 0.3) is 0 Å². The Labute approximate surface area is 129 Å². The highest BCUT2D eigenvalue weighted by atomic mass is 14.9. The number of nitrogens with zero attached hydrogens (tertiary/aromatic N) is 1. The molecule has 0 aliphatic heterocycles. The van der Waals surface area contributed by atoms with Gasteiger partial charge in [-0.05, 0) is 54.7 Å². The van der Waals surface area contributed by atoms with E-state index in [1.165, 1.54) is 37.7 Å². The monoisotopic (exact) mass is 284 g/mol. The van der Waals surface area contributed by atoms with Crippen LogP contribution >= 0.6 is 0 Å². The van der Waals surface area contributed by atoms with E-state index in [9.17, 15) is 0 Å². The van der Waals surface area contributed by atoms with E-state index >= 15 is 0 Å². The minimum atomic E-state index is 0.440. The predicted molar refractivity (Wildman–Crippen MR) is 87.8 cm³/mol. The van der Waals surface area contributed by atoms with Crippen LogP contribution in [0.4, 0.5) is 0 Å². The molecule has 2 unspecified atom stereocenters. The van der Waals surface area contributed by atoms with Gasteiger partial charge in [-0.15, -0.1) is 0 Å². The fourth-order valence-corrected chi connectivity index (χ4v) is 3.38. The lowest BCUT2D eigenvalue weighted by molar-refractivity contribution is 0.213. The first-order chi connectivity index (χ1) is 9.99. The zero-order valence-corrected chi connectivity index (χ0v) is 13.7. The molecule has 114 valence electrons. The van der Waals surface area contributed by atoms with E-state index in [-0.39, 0.29) is 0 Å². The first kappa shape index (κ1) is 16.0. The normalized spacial score (nSPS) is 23.3. The molecule has 1 N–H and O–H groups in total. The Morgan fingerprint density at radius 3 is 2.71 bits per heavy atom. The van der Waals surface area contributed by atoms with Crippen LogP contribution in [0.5, 0.6) is 0 Å². The Balaban J connectivity index is 1.85. The molecule has 1 aliphatic carbocycles. The van der Waals surface area contributed by atoms with E-state index in [0.29, 0.717) is 11.5 Å². The van der Waals surface area contributed by atoms with Crippen LogP contribution in [-0.2, 0) is 6.54 Å². The summed E-state index contributed by atoms with van der Waals surface area (Å²) in [6.07, 6.45) is 6.59. The Hall–Kier alpha value is -1.33. The molecule has 2 heteroatoms. The largest absolute Gasteiger partial charge is 0.310 e. The maximum Gasteiger partial charge on any atom is 0.0991 e. The molecule has 0 aromatic heterocycles. The van der Waals surface area contributed by atoms with Crippen LogP contribution < -0.4 is 5.32 Å². The summed E-state index contributed by atoms with van der Waals surface area (Å²) >= 11 is 0. The van der Waals surface area contributed by atoms with Gasteiger partial charge >= 0.3 is 0 Å². The summed E-state index contributed by atoms with van der Waals surface area (Å²) in [5.74, 6) is 0.853. The molecule has 1 aromatic carbocycles. The smallest absolute Gasteiger partial charge is 0.0991 e. The van der Waals surface area contributed by atoms with E-state index in [0.717, 1.165) is 18.0 Å². The molecule has 2 rings (SSSR count). The predicted octanol–water partition coefficient (Wildman–Crippen LogP) is 4.64. The van der Waals surface area contributed by atoms with E-state index < -0.39 is 0 Å². The summed E-state index contributed by atoms with van der Waals surface area (Å²) in [6.45, 7) is 8.00. The zero-order valence-electron chi connectivity index (χ0n) is 13.7. The second-order valence-electron chi connectivity index (χ2n) is 7.46. The van der Waals surface area contributed by atoms with Crippen molar-refractivity contribution in [3.05, 3.63) is 35.4 Å². The van der Waals surface area contributed by atoms with Gasteiger partial charge in [0, 0.05) is 12.6 Å². The van der Waals surface area contributed by atoms with Crippen molar-refractivity contribution in [1.29, 1.82) is 5.26 Å². The summed E-state index contributed by atoms with van der Waals surface area (Å²) in [6, 6.07) is 10.8. The third-order valence-corrected chi connectivity index (χ3v) is 4.84. The first-order valence-electron chi connectivity index (χ1n) is 8.21. The number of hydrogen-bond donors (Lipinski definition) is 1. The molecule has 21 heavy (non-hydrogen) atoms. The van der Waals surface area contributed by atoms with Crippen molar-refractivity contribution < 1.29 is 0 Å². The molecule has 2 atom stereocenters. The van der Waals surface area contributed by atoms with Gasteiger partial charge in [0.05, 0.1) is 11.6 Å². The van der Waals surface area contributed by atoms with Crippen molar-refractivity contribution in [2.75, 3.05) is 0 Å². The van der Waals surface area contributed by atoms with Gasteiger partial charge in [-0.2, -0.15) is 5.26 Å². The number of nitriles is 1. The summed E-state index contributed by atoms with van der Waals surface area (Å²) < 4.78 is 0. The van der Waals surface area contributed by atoms with Crippen LogP contribution in [0.25, 0.3) is 0 Å². The SMILES string of the molecule is CC(C)(C)C1CCCC(NCc2cccc(C#N)c2)CC1. The lowest BCUT2D eigenvalue weighted by Gasteiger charge is -2.29. The average Bonchev–Trinajstić information content (AvgIpc) is 2.70. The molecule has 1 saturated carbocycles. The molecule has 0 radical (unpaired) electrons. The Morgan fingerprint density at radius 2 is 2.00 bits per heavy atom. The summed E-state index contributed by atoms with van der Waals surface area (Å²) in [7, 11) is 0. The minimum absolute atomic E-state index is 0.440. The van der Waals surface area contributed by atoms with Crippen LogP contribution in [0.3, 0.4) is 0 Å². The minimum Gasteiger partial charge on any atom is -0.310 e. The Bertz CT molecular complexity index is 493. The highest BCUT2D eigenvalue weighted by molar-refractivity contribution is 5.32. The third-order valence-electron chi connectivity index (χ3n) is 4.84. The molecule has 1 aromatic rings. The highest BCUT2D eigenvalue weighted by Crippen LogP contribution is 2.36. The number of hydrogen-bond acceptors (Lipinski definition) is 2. The molecule has 1 aliphatic rings. The average molecular weight is 284 g/mol. The quantitative estimate of drug-likeness (QED) is 0.821. The van der Waals surface area contributed by atoms with Crippen LogP contribution in [-0.4, -0.2) is 6.04 Å². The van der Waals surface area contributed by atoms with Crippen molar-refractivity contribution in [2.45, 2.75) is 65.5 Å². The molecule has 0 spiro atoms. The molecule has 1 fully saturated rings. The van der Waals surface area contributed by atoms with Gasteiger partial charge in [-0.1, -0.05) is 39.3 Å². The van der Waals surface area contributed by atoms with Crippen molar-refractivity contribution in [1.82, 2.24) is 5.32 Å². The van der Waals surface area contributed by atoms with Crippen LogP contribution in [0.15, 0.2) is 24.3 Å². The first-order valence-corrected chi connectivity index (χ1v) is 8.21. The second-order valence-corrected chi connectivity index (χ2v) is 7.46. The molecule has 0 heterocycles. The van der Waals surface area contributed by atoms with Gasteiger partial charge in [-0.3, -0.25) is 0 Å². The molecule has 0 bridgehead atoms.